The van der Waals surface area contributed by atoms with Crippen LogP contribution in [0.2, 0.25) is 0 Å². The van der Waals surface area contributed by atoms with Crippen LogP contribution in [0.15, 0.2) is 30.3 Å². The highest BCUT2D eigenvalue weighted by Gasteiger charge is 2.00. The van der Waals surface area contributed by atoms with Crippen molar-refractivity contribution in [1.29, 1.82) is 0 Å². The van der Waals surface area contributed by atoms with Crippen LogP contribution in [0.4, 0.5) is 5.69 Å². The van der Waals surface area contributed by atoms with Crippen molar-refractivity contribution in [2.24, 2.45) is 0 Å². The van der Waals surface area contributed by atoms with Crippen LogP contribution in [0.5, 0.6) is 0 Å². The molecule has 1 rings (SSSR count). The molecule has 0 radical (unpaired) electrons. The number of anilines is 1. The van der Waals surface area contributed by atoms with E-state index in [2.05, 4.69) is 5.43 Å². The van der Waals surface area contributed by atoms with Gasteiger partial charge in [0, 0.05) is 0 Å². The smallest absolute Gasteiger partial charge is 0.219 e. The van der Waals surface area contributed by atoms with Gasteiger partial charge < -0.3 is 0 Å². The number of benzene rings is 1. The lowest BCUT2D eigenvalue weighted by Gasteiger charge is -1.88. The summed E-state index contributed by atoms with van der Waals surface area (Å²) < 4.78 is 0. The summed E-state index contributed by atoms with van der Waals surface area (Å²) in [5.41, 5.74) is 2.69. The van der Waals surface area contributed by atoms with E-state index in [0.717, 1.165) is 0 Å². The minimum atomic E-state index is -0.338. The maximum Gasteiger partial charge on any atom is 0.359 e. The quantitative estimate of drug-likeness (QED) is 0.605. The van der Waals surface area contributed by atoms with E-state index in [4.69, 9.17) is 5.21 Å². The predicted molar refractivity (Wildman–Crippen MR) is 35.5 cm³/mol. The molecule has 0 heterocycles. The average molecular weight is 139 g/mol. The summed E-state index contributed by atoms with van der Waals surface area (Å²) in [7, 11) is 0. The van der Waals surface area contributed by atoms with Gasteiger partial charge in [-0.2, -0.15) is 0 Å². The van der Waals surface area contributed by atoms with Gasteiger partial charge in [0.25, 0.3) is 0 Å². The molecule has 0 aliphatic carbocycles. The Hall–Kier alpha value is -1.58. The summed E-state index contributed by atoms with van der Waals surface area (Å²) >= 11 is 0. The largest absolute Gasteiger partial charge is 0.359 e. The van der Waals surface area contributed by atoms with Gasteiger partial charge in [-0.25, -0.2) is 5.21 Å². The van der Waals surface area contributed by atoms with Gasteiger partial charge in [0.2, 0.25) is 0 Å². The third kappa shape index (κ3) is 1.74. The molecule has 0 aliphatic rings. The molecule has 0 bridgehead atoms. The Balaban J connectivity index is 2.67. The molecule has 0 saturated carbocycles. The van der Waals surface area contributed by atoms with Crippen molar-refractivity contribution in [2.75, 3.05) is 5.43 Å². The minimum absolute atomic E-state index is 0.338. The maximum absolute atomic E-state index is 9.97. The lowest BCUT2D eigenvalue weighted by molar-refractivity contribution is -0.769. The molecule has 1 aromatic carbocycles. The summed E-state index contributed by atoms with van der Waals surface area (Å²) in [6, 6.07) is 8.66. The fourth-order valence-corrected chi connectivity index (χ4v) is 0.623. The molecule has 52 valence electrons. The first-order chi connectivity index (χ1) is 4.79. The van der Waals surface area contributed by atoms with Crippen LogP contribution in [0.25, 0.3) is 0 Å². The molecule has 0 amide bonds. The molecule has 1 aromatic rings. The molecule has 10 heavy (non-hydrogen) atoms. The molecule has 0 aromatic heterocycles. The van der Waals surface area contributed by atoms with Crippen LogP contribution < -0.4 is 5.43 Å². The van der Waals surface area contributed by atoms with Crippen LogP contribution in [0.1, 0.15) is 0 Å². The summed E-state index contributed by atoms with van der Waals surface area (Å²) in [5, 5.41) is 7.83. The van der Waals surface area contributed by atoms with Gasteiger partial charge in [0.15, 0.2) is 0 Å². The zero-order chi connectivity index (χ0) is 7.40. The minimum Gasteiger partial charge on any atom is -0.219 e. The van der Waals surface area contributed by atoms with Crippen molar-refractivity contribution in [1.82, 2.24) is 0 Å². The molecular formula is C6H7N2O2+. The van der Waals surface area contributed by atoms with Gasteiger partial charge in [-0.15, -0.1) is 0 Å². The second-order valence-electron chi connectivity index (χ2n) is 1.75. The van der Waals surface area contributed by atoms with E-state index in [-0.39, 0.29) is 5.03 Å². The summed E-state index contributed by atoms with van der Waals surface area (Å²) in [6.07, 6.45) is 0. The third-order valence-corrected chi connectivity index (χ3v) is 0.999. The number of rotatable bonds is 2. The summed E-state index contributed by atoms with van der Waals surface area (Å²) in [5.74, 6) is 0. The molecule has 2 N–H and O–H groups in total. The SMILES string of the molecule is O=[N+](O)Nc1ccccc1. The molecule has 0 unspecified atom stereocenters. The van der Waals surface area contributed by atoms with Crippen molar-refractivity contribution in [2.45, 2.75) is 0 Å². The molecule has 0 atom stereocenters. The molecule has 4 nitrogen and oxygen atoms in total. The highest BCUT2D eigenvalue weighted by molar-refractivity contribution is 5.39. The number of hydrogen-bond donors (Lipinski definition) is 2. The normalized spacial score (nSPS) is 8.80. The predicted octanol–water partition coefficient (Wildman–Crippen LogP) is 1.18. The number of hydrazine groups is 1. The number of hydrogen-bond acceptors (Lipinski definition) is 1. The van der Waals surface area contributed by atoms with Crippen LogP contribution in [-0.2, 0) is 0 Å². The Labute approximate surface area is 57.6 Å². The number of nitrogens with zero attached hydrogens (tertiary/aromatic N) is 1. The van der Waals surface area contributed by atoms with E-state index >= 15 is 0 Å². The van der Waals surface area contributed by atoms with Gasteiger partial charge >= 0.3 is 5.03 Å². The Kier molecular flexibility index (Phi) is 1.84. The zero-order valence-corrected chi connectivity index (χ0v) is 5.19. The first kappa shape index (κ1) is 6.54. The molecule has 0 saturated heterocycles. The standard InChI is InChI=1S/C6H7N2O2/c9-8(10)7-6-4-2-1-3-5-6/h1-5,7H,(H,9,10)/q+1. The van der Waals surface area contributed by atoms with Gasteiger partial charge in [0.05, 0.1) is 0 Å². The highest BCUT2D eigenvalue weighted by atomic mass is 16.7. The van der Waals surface area contributed by atoms with Crippen LogP contribution in [0.3, 0.4) is 0 Å². The average Bonchev–Trinajstić information content (AvgIpc) is 1.88. The van der Waals surface area contributed by atoms with E-state index in [1.54, 1.807) is 24.3 Å². The maximum atomic E-state index is 9.97. The lowest BCUT2D eigenvalue weighted by Crippen LogP contribution is -2.09. The topological polar surface area (TPSA) is 52.3 Å². The molecule has 0 fully saturated rings. The van der Waals surface area contributed by atoms with Gasteiger partial charge in [-0.05, 0) is 12.1 Å². The van der Waals surface area contributed by atoms with Crippen molar-refractivity contribution in [3.63, 3.8) is 0 Å². The number of nitrogens with one attached hydrogen (secondary N) is 1. The van der Waals surface area contributed by atoms with Crippen molar-refractivity contribution in [3.8, 4) is 0 Å². The second kappa shape index (κ2) is 2.82. The summed E-state index contributed by atoms with van der Waals surface area (Å²) in [4.78, 5) is 9.97. The number of para-hydroxylation sites is 1. The Bertz CT molecular complexity index is 222. The van der Waals surface area contributed by atoms with Crippen molar-refractivity contribution >= 4 is 5.69 Å². The first-order valence-electron chi connectivity index (χ1n) is 2.77. The van der Waals surface area contributed by atoms with E-state index in [1.165, 1.54) is 0 Å². The Morgan fingerprint density at radius 2 is 1.90 bits per heavy atom. The molecule has 4 heteroatoms. The third-order valence-electron chi connectivity index (χ3n) is 0.999. The van der Waals surface area contributed by atoms with E-state index in [9.17, 15) is 4.91 Å². The highest BCUT2D eigenvalue weighted by Crippen LogP contribution is 2.02. The molecule has 0 spiro atoms. The Morgan fingerprint density at radius 1 is 1.30 bits per heavy atom. The van der Waals surface area contributed by atoms with Gasteiger partial charge in [-0.3, -0.25) is 0 Å². The van der Waals surface area contributed by atoms with E-state index in [1.807, 2.05) is 6.07 Å². The molecule has 0 aliphatic heterocycles. The van der Waals surface area contributed by atoms with Crippen molar-refractivity contribution < 1.29 is 10.2 Å². The van der Waals surface area contributed by atoms with E-state index in [0.29, 0.717) is 5.69 Å². The fourth-order valence-electron chi connectivity index (χ4n) is 0.623. The van der Waals surface area contributed by atoms with Crippen LogP contribution >= 0.6 is 0 Å². The molecular weight excluding hydrogens is 132 g/mol. The van der Waals surface area contributed by atoms with Crippen LogP contribution in [0, 0.1) is 4.91 Å². The van der Waals surface area contributed by atoms with E-state index < -0.39 is 0 Å². The lowest BCUT2D eigenvalue weighted by atomic mass is 10.3. The van der Waals surface area contributed by atoms with Crippen LogP contribution in [-0.4, -0.2) is 10.2 Å². The zero-order valence-electron chi connectivity index (χ0n) is 5.19. The second-order valence-corrected chi connectivity index (χ2v) is 1.75. The summed E-state index contributed by atoms with van der Waals surface area (Å²) in [6.45, 7) is 0. The first-order valence-corrected chi connectivity index (χ1v) is 2.77. The Morgan fingerprint density at radius 3 is 2.40 bits per heavy atom. The van der Waals surface area contributed by atoms with Gasteiger partial charge in [-0.1, -0.05) is 23.6 Å². The monoisotopic (exact) mass is 139 g/mol. The van der Waals surface area contributed by atoms with Crippen molar-refractivity contribution in [3.05, 3.63) is 35.2 Å². The van der Waals surface area contributed by atoms with Gasteiger partial charge in [0.1, 0.15) is 10.6 Å². The fraction of sp³-hybridized carbons (Fsp3) is 0.